The minimum absolute atomic E-state index is 0.112. The molecule has 2 rings (SSSR count). The summed E-state index contributed by atoms with van der Waals surface area (Å²) in [5, 5.41) is 0.112. The van der Waals surface area contributed by atoms with Crippen molar-refractivity contribution in [3.8, 4) is 0 Å². The van der Waals surface area contributed by atoms with E-state index in [0.29, 0.717) is 12.0 Å². The lowest BCUT2D eigenvalue weighted by Gasteiger charge is -2.17. The highest BCUT2D eigenvalue weighted by Crippen LogP contribution is 2.29. The summed E-state index contributed by atoms with van der Waals surface area (Å²) >= 11 is 12.7. The van der Waals surface area contributed by atoms with E-state index < -0.39 is 5.82 Å². The van der Waals surface area contributed by atoms with Gasteiger partial charge in [0.15, 0.2) is 0 Å². The highest BCUT2D eigenvalue weighted by molar-refractivity contribution is 9.11. The van der Waals surface area contributed by atoms with Crippen molar-refractivity contribution < 1.29 is 4.39 Å². The Morgan fingerprint density at radius 3 is 2.80 bits per heavy atom. The molecule has 1 atom stereocenters. The van der Waals surface area contributed by atoms with Crippen molar-refractivity contribution in [1.82, 2.24) is 10.4 Å². The molecule has 7 heteroatoms. The minimum atomic E-state index is -0.442. The largest absolute Gasteiger partial charge is 0.271 e. The van der Waals surface area contributed by atoms with Gasteiger partial charge in [0.25, 0.3) is 0 Å². The molecule has 0 radical (unpaired) electrons. The fourth-order valence-electron chi connectivity index (χ4n) is 1.84. The Kier molecular flexibility index (Phi) is 5.51. The van der Waals surface area contributed by atoms with Crippen molar-refractivity contribution in [2.45, 2.75) is 12.5 Å². The molecule has 106 valence electrons. The van der Waals surface area contributed by atoms with Gasteiger partial charge in [0.05, 0.1) is 16.8 Å². The summed E-state index contributed by atoms with van der Waals surface area (Å²) in [4.78, 5) is 4.32. The number of hydrogen-bond acceptors (Lipinski definition) is 3. The Balaban J connectivity index is 2.31. The van der Waals surface area contributed by atoms with E-state index in [1.54, 1.807) is 18.3 Å². The third-order valence-electron chi connectivity index (χ3n) is 2.82. The molecule has 0 aliphatic heterocycles. The molecule has 1 heterocycles. The van der Waals surface area contributed by atoms with E-state index in [0.717, 1.165) is 14.6 Å². The number of nitrogens with zero attached hydrogens (tertiary/aromatic N) is 1. The normalized spacial score (nSPS) is 12.4. The highest BCUT2D eigenvalue weighted by atomic mass is 79.9. The highest BCUT2D eigenvalue weighted by Gasteiger charge is 2.18. The van der Waals surface area contributed by atoms with E-state index in [-0.39, 0.29) is 11.1 Å². The van der Waals surface area contributed by atoms with Crippen LogP contribution < -0.4 is 11.3 Å². The van der Waals surface area contributed by atoms with E-state index >= 15 is 0 Å². The molecule has 1 unspecified atom stereocenters. The zero-order valence-corrected chi connectivity index (χ0v) is 14.1. The van der Waals surface area contributed by atoms with Gasteiger partial charge in [-0.2, -0.15) is 0 Å². The first-order chi connectivity index (χ1) is 9.52. The summed E-state index contributed by atoms with van der Waals surface area (Å²) in [7, 11) is 0. The number of nitrogens with two attached hydrogens (primary N) is 1. The van der Waals surface area contributed by atoms with Gasteiger partial charge < -0.3 is 0 Å². The van der Waals surface area contributed by atoms with Gasteiger partial charge in [0, 0.05) is 15.1 Å². The molecule has 0 spiro atoms. The van der Waals surface area contributed by atoms with Crippen molar-refractivity contribution in [2.24, 2.45) is 5.84 Å². The molecular weight excluding hydrogens is 412 g/mol. The van der Waals surface area contributed by atoms with E-state index in [1.165, 1.54) is 6.07 Å². The molecule has 0 aliphatic carbocycles. The second-order valence-electron chi connectivity index (χ2n) is 4.16. The van der Waals surface area contributed by atoms with E-state index in [9.17, 15) is 4.39 Å². The summed E-state index contributed by atoms with van der Waals surface area (Å²) in [6, 6.07) is 6.30. The third-order valence-corrected chi connectivity index (χ3v) is 4.32. The Morgan fingerprint density at radius 2 is 2.15 bits per heavy atom. The summed E-state index contributed by atoms with van der Waals surface area (Å²) in [6.45, 7) is 0. The summed E-state index contributed by atoms with van der Waals surface area (Å²) in [5.74, 6) is 5.15. The third kappa shape index (κ3) is 3.56. The maximum atomic E-state index is 13.5. The van der Waals surface area contributed by atoms with Crippen molar-refractivity contribution in [3.63, 3.8) is 0 Å². The van der Waals surface area contributed by atoms with Crippen LogP contribution in [0.4, 0.5) is 4.39 Å². The van der Waals surface area contributed by atoms with E-state index in [4.69, 9.17) is 17.4 Å². The maximum Gasteiger partial charge on any atom is 0.142 e. The van der Waals surface area contributed by atoms with Crippen LogP contribution in [0.1, 0.15) is 17.3 Å². The van der Waals surface area contributed by atoms with Gasteiger partial charge in [-0.15, -0.1) is 0 Å². The second kappa shape index (κ2) is 6.95. The standard InChI is InChI=1S/C13H11Br2ClFN3/c14-8-5-9(15)13(19-6-8)11(20-18)4-7-2-1-3-10(17)12(7)16/h1-3,5-6,11,20H,4,18H2. The Morgan fingerprint density at radius 1 is 1.40 bits per heavy atom. The number of halogens is 4. The minimum Gasteiger partial charge on any atom is -0.271 e. The fraction of sp³-hybridized carbons (Fsp3) is 0.154. The first-order valence-electron chi connectivity index (χ1n) is 5.73. The first kappa shape index (κ1) is 15.9. The molecule has 3 N–H and O–H groups in total. The molecular formula is C13H11Br2ClFN3. The molecule has 3 nitrogen and oxygen atoms in total. The Hall–Kier alpha value is -0.530. The van der Waals surface area contributed by atoms with Gasteiger partial charge in [0.1, 0.15) is 5.82 Å². The molecule has 0 amide bonds. The number of nitrogens with one attached hydrogen (secondary N) is 1. The number of pyridine rings is 1. The lowest BCUT2D eigenvalue weighted by molar-refractivity contribution is 0.533. The van der Waals surface area contributed by atoms with Crippen LogP contribution in [0.2, 0.25) is 5.02 Å². The van der Waals surface area contributed by atoms with Gasteiger partial charge in [-0.1, -0.05) is 23.7 Å². The average Bonchev–Trinajstić information content (AvgIpc) is 2.41. The monoisotopic (exact) mass is 421 g/mol. The van der Waals surface area contributed by atoms with Crippen molar-refractivity contribution in [2.75, 3.05) is 0 Å². The molecule has 0 fully saturated rings. The van der Waals surface area contributed by atoms with Gasteiger partial charge in [0.2, 0.25) is 0 Å². The van der Waals surface area contributed by atoms with Gasteiger partial charge >= 0.3 is 0 Å². The molecule has 1 aromatic carbocycles. The summed E-state index contributed by atoms with van der Waals surface area (Å²) in [5.41, 5.74) is 4.09. The zero-order valence-electron chi connectivity index (χ0n) is 10.2. The molecule has 2 aromatic rings. The topological polar surface area (TPSA) is 50.9 Å². The van der Waals surface area contributed by atoms with Crippen LogP contribution in [0.3, 0.4) is 0 Å². The predicted molar refractivity (Wildman–Crippen MR) is 84.8 cm³/mol. The van der Waals surface area contributed by atoms with Crippen LogP contribution in [0.25, 0.3) is 0 Å². The summed E-state index contributed by atoms with van der Waals surface area (Å²) in [6.07, 6.45) is 2.11. The van der Waals surface area contributed by atoms with E-state index in [2.05, 4.69) is 42.3 Å². The lowest BCUT2D eigenvalue weighted by Crippen LogP contribution is -2.30. The second-order valence-corrected chi connectivity index (χ2v) is 6.30. The fourth-order valence-corrected chi connectivity index (χ4v) is 3.31. The number of hydrazine groups is 1. The first-order valence-corrected chi connectivity index (χ1v) is 7.69. The molecule has 0 saturated heterocycles. The van der Waals surface area contributed by atoms with Crippen LogP contribution in [-0.4, -0.2) is 4.98 Å². The van der Waals surface area contributed by atoms with Gasteiger partial charge in [-0.05, 0) is 56.0 Å². The predicted octanol–water partition coefficient (Wildman–Crippen LogP) is 4.15. The molecule has 0 aliphatic rings. The number of rotatable bonds is 4. The van der Waals surface area contributed by atoms with Crippen LogP contribution in [-0.2, 0) is 6.42 Å². The maximum absolute atomic E-state index is 13.5. The van der Waals surface area contributed by atoms with Crippen LogP contribution in [0.15, 0.2) is 39.4 Å². The Bertz CT molecular complexity index is 625. The van der Waals surface area contributed by atoms with Gasteiger partial charge in [-0.3, -0.25) is 16.3 Å². The van der Waals surface area contributed by atoms with Crippen molar-refractivity contribution >= 4 is 43.5 Å². The van der Waals surface area contributed by atoms with E-state index in [1.807, 2.05) is 6.07 Å². The smallest absolute Gasteiger partial charge is 0.142 e. The number of benzene rings is 1. The summed E-state index contributed by atoms with van der Waals surface area (Å²) < 4.78 is 15.1. The van der Waals surface area contributed by atoms with Crippen LogP contribution in [0, 0.1) is 5.82 Å². The molecule has 20 heavy (non-hydrogen) atoms. The van der Waals surface area contributed by atoms with Gasteiger partial charge in [-0.25, -0.2) is 4.39 Å². The number of aromatic nitrogens is 1. The van der Waals surface area contributed by atoms with Crippen LogP contribution in [0.5, 0.6) is 0 Å². The molecule has 0 bridgehead atoms. The van der Waals surface area contributed by atoms with Crippen molar-refractivity contribution in [1.29, 1.82) is 0 Å². The molecule has 0 saturated carbocycles. The average molecular weight is 424 g/mol. The van der Waals surface area contributed by atoms with Crippen molar-refractivity contribution in [3.05, 3.63) is 61.5 Å². The van der Waals surface area contributed by atoms with Crippen LogP contribution >= 0.6 is 43.5 Å². The SMILES string of the molecule is NNC(Cc1cccc(F)c1Cl)c1ncc(Br)cc1Br. The quantitative estimate of drug-likeness (QED) is 0.574. The molecule has 1 aromatic heterocycles. The number of hydrogen-bond donors (Lipinski definition) is 2. The Labute approximate surface area is 138 Å². The lowest BCUT2D eigenvalue weighted by atomic mass is 10.0. The zero-order chi connectivity index (χ0) is 14.7.